The molecule has 0 fully saturated rings. The lowest BCUT2D eigenvalue weighted by Crippen LogP contribution is -2.15. The van der Waals surface area contributed by atoms with Crippen molar-refractivity contribution in [2.24, 2.45) is 5.73 Å². The summed E-state index contributed by atoms with van der Waals surface area (Å²) in [5, 5.41) is 3.05. The summed E-state index contributed by atoms with van der Waals surface area (Å²) in [6.45, 7) is 0.555. The summed E-state index contributed by atoms with van der Waals surface area (Å²) < 4.78 is 0. The van der Waals surface area contributed by atoms with Crippen molar-refractivity contribution in [3.8, 4) is 0 Å². The van der Waals surface area contributed by atoms with Crippen LogP contribution in [0.5, 0.6) is 0 Å². The van der Waals surface area contributed by atoms with Crippen molar-refractivity contribution in [1.29, 1.82) is 0 Å². The van der Waals surface area contributed by atoms with E-state index in [1.54, 1.807) is 12.1 Å². The van der Waals surface area contributed by atoms with Gasteiger partial charge in [0.2, 0.25) is 5.91 Å². The fourth-order valence-electron chi connectivity index (χ4n) is 0.931. The number of rotatable bonds is 4. The van der Waals surface area contributed by atoms with E-state index in [0.29, 0.717) is 13.0 Å². The molecule has 0 spiro atoms. The first-order valence-electron chi connectivity index (χ1n) is 4.06. The maximum atomic E-state index is 10.4. The summed E-state index contributed by atoms with van der Waals surface area (Å²) in [7, 11) is 0. The largest absolute Gasteiger partial charge is 0.412 e. The van der Waals surface area contributed by atoms with Crippen molar-refractivity contribution in [3.05, 3.63) is 24.3 Å². The average Bonchev–Trinajstić information content (AvgIpc) is 2.08. The van der Waals surface area contributed by atoms with Crippen LogP contribution < -0.4 is 16.8 Å². The molecule has 0 saturated carbocycles. The fraction of sp³-hybridized carbons (Fsp3) is 0.222. The van der Waals surface area contributed by atoms with Crippen LogP contribution >= 0.6 is 24.8 Å². The first-order chi connectivity index (χ1) is 6.18. The van der Waals surface area contributed by atoms with E-state index < -0.39 is 0 Å². The Morgan fingerprint density at radius 2 is 1.69 bits per heavy atom. The standard InChI is InChI=1S/C9H13N3O.2ClH.H2O/c10-7-1-3-8(4-2-7)12-6-5-9(11)13;;;/h1-4,12H,5-6,10H2,(H2,11,13);2*1H;1H2. The van der Waals surface area contributed by atoms with Crippen molar-refractivity contribution >= 4 is 42.1 Å². The van der Waals surface area contributed by atoms with Crippen molar-refractivity contribution in [2.75, 3.05) is 17.6 Å². The monoisotopic (exact) mass is 269 g/mol. The minimum Gasteiger partial charge on any atom is -0.412 e. The van der Waals surface area contributed by atoms with Gasteiger partial charge >= 0.3 is 0 Å². The van der Waals surface area contributed by atoms with Gasteiger partial charge in [-0.3, -0.25) is 4.79 Å². The van der Waals surface area contributed by atoms with Crippen LogP contribution in [-0.4, -0.2) is 17.9 Å². The molecule has 0 saturated heterocycles. The number of primary amides is 1. The first kappa shape index (κ1) is 20.3. The molecule has 5 nitrogen and oxygen atoms in total. The van der Waals surface area contributed by atoms with E-state index in [9.17, 15) is 4.79 Å². The number of hydrogen-bond donors (Lipinski definition) is 3. The number of carbonyl (C=O) groups excluding carboxylic acids is 1. The smallest absolute Gasteiger partial charge is 0.219 e. The van der Waals surface area contributed by atoms with Crippen molar-refractivity contribution < 1.29 is 10.3 Å². The highest BCUT2D eigenvalue weighted by Gasteiger charge is 1.94. The van der Waals surface area contributed by atoms with E-state index in [-0.39, 0.29) is 36.2 Å². The lowest BCUT2D eigenvalue weighted by Gasteiger charge is -2.04. The maximum Gasteiger partial charge on any atom is 0.219 e. The Bertz CT molecular complexity index is 293. The van der Waals surface area contributed by atoms with E-state index >= 15 is 0 Å². The van der Waals surface area contributed by atoms with E-state index in [4.69, 9.17) is 11.5 Å². The summed E-state index contributed by atoms with van der Waals surface area (Å²) in [5.74, 6) is -0.303. The molecule has 0 radical (unpaired) electrons. The van der Waals surface area contributed by atoms with Gasteiger partial charge in [0.05, 0.1) is 0 Å². The zero-order valence-electron chi connectivity index (χ0n) is 8.60. The summed E-state index contributed by atoms with van der Waals surface area (Å²) in [6.07, 6.45) is 0.338. The number of halogens is 2. The predicted octanol–water partition coefficient (Wildman–Crippen LogP) is 0.575. The zero-order chi connectivity index (χ0) is 9.68. The van der Waals surface area contributed by atoms with Crippen LogP contribution in [0.4, 0.5) is 11.4 Å². The molecule has 1 rings (SSSR count). The molecule has 1 aromatic rings. The van der Waals surface area contributed by atoms with Gasteiger partial charge in [-0.15, -0.1) is 24.8 Å². The lowest BCUT2D eigenvalue weighted by molar-refractivity contribution is -0.117. The number of benzene rings is 1. The van der Waals surface area contributed by atoms with E-state index in [1.807, 2.05) is 12.1 Å². The number of nitrogens with two attached hydrogens (primary N) is 2. The summed E-state index contributed by atoms with van der Waals surface area (Å²) >= 11 is 0. The molecular formula is C9H17Cl2N3O2. The highest BCUT2D eigenvalue weighted by molar-refractivity contribution is 5.85. The topological polar surface area (TPSA) is 113 Å². The second-order valence-corrected chi connectivity index (χ2v) is 2.77. The fourth-order valence-corrected chi connectivity index (χ4v) is 0.931. The lowest BCUT2D eigenvalue weighted by atomic mass is 10.3. The molecular weight excluding hydrogens is 253 g/mol. The molecule has 1 aromatic carbocycles. The molecule has 16 heavy (non-hydrogen) atoms. The second kappa shape index (κ2) is 10.4. The molecule has 0 bridgehead atoms. The van der Waals surface area contributed by atoms with Gasteiger partial charge < -0.3 is 22.3 Å². The van der Waals surface area contributed by atoms with Crippen LogP contribution in [0, 0.1) is 0 Å². The molecule has 0 unspecified atom stereocenters. The van der Waals surface area contributed by atoms with Gasteiger partial charge in [0, 0.05) is 24.3 Å². The SMILES string of the molecule is Cl.Cl.NC(=O)CCNc1ccc(N)cc1.O. The molecule has 0 aliphatic carbocycles. The van der Waals surface area contributed by atoms with Crippen LogP contribution in [0.1, 0.15) is 6.42 Å². The molecule has 0 heterocycles. The highest BCUT2D eigenvalue weighted by atomic mass is 35.5. The Labute approximate surface area is 107 Å². The summed E-state index contributed by atoms with van der Waals surface area (Å²) in [4.78, 5) is 10.4. The van der Waals surface area contributed by atoms with E-state index in [1.165, 1.54) is 0 Å². The zero-order valence-corrected chi connectivity index (χ0v) is 10.2. The van der Waals surface area contributed by atoms with Crippen LogP contribution in [0.25, 0.3) is 0 Å². The quantitative estimate of drug-likeness (QED) is 0.695. The molecule has 0 aliphatic rings. The van der Waals surface area contributed by atoms with Crippen LogP contribution in [0.2, 0.25) is 0 Å². The third-order valence-electron chi connectivity index (χ3n) is 1.61. The van der Waals surface area contributed by atoms with E-state index in [0.717, 1.165) is 11.4 Å². The number of nitrogens with one attached hydrogen (secondary N) is 1. The molecule has 0 atom stereocenters. The van der Waals surface area contributed by atoms with Gasteiger partial charge in [0.25, 0.3) is 0 Å². The Kier molecular flexibility index (Phi) is 13.1. The van der Waals surface area contributed by atoms with Gasteiger partial charge in [-0.25, -0.2) is 0 Å². The summed E-state index contributed by atoms with van der Waals surface area (Å²) in [6, 6.07) is 7.31. The molecule has 7 N–H and O–H groups in total. The molecule has 94 valence electrons. The van der Waals surface area contributed by atoms with Gasteiger partial charge in [-0.2, -0.15) is 0 Å². The van der Waals surface area contributed by atoms with Crippen molar-refractivity contribution in [3.63, 3.8) is 0 Å². The Balaban J connectivity index is -0.000000563. The van der Waals surface area contributed by atoms with Gasteiger partial charge in [0.1, 0.15) is 0 Å². The van der Waals surface area contributed by atoms with Crippen LogP contribution in [0.3, 0.4) is 0 Å². The van der Waals surface area contributed by atoms with E-state index in [2.05, 4.69) is 5.32 Å². The number of amides is 1. The maximum absolute atomic E-state index is 10.4. The summed E-state index contributed by atoms with van der Waals surface area (Å²) in [5.41, 5.74) is 12.1. The first-order valence-corrected chi connectivity index (χ1v) is 4.06. The Hall–Kier alpha value is -1.17. The van der Waals surface area contributed by atoms with Gasteiger partial charge in [0.15, 0.2) is 0 Å². The normalized spacial score (nSPS) is 7.75. The highest BCUT2D eigenvalue weighted by Crippen LogP contribution is 2.09. The van der Waals surface area contributed by atoms with Crippen molar-refractivity contribution in [2.45, 2.75) is 6.42 Å². The number of carbonyl (C=O) groups is 1. The third kappa shape index (κ3) is 8.16. The van der Waals surface area contributed by atoms with Crippen LogP contribution in [0.15, 0.2) is 24.3 Å². The Morgan fingerprint density at radius 3 is 2.12 bits per heavy atom. The average molecular weight is 270 g/mol. The molecule has 0 aromatic heterocycles. The molecule has 0 aliphatic heterocycles. The van der Waals surface area contributed by atoms with Crippen molar-refractivity contribution in [1.82, 2.24) is 0 Å². The van der Waals surface area contributed by atoms with Gasteiger partial charge in [-0.05, 0) is 24.3 Å². The van der Waals surface area contributed by atoms with Crippen LogP contribution in [-0.2, 0) is 4.79 Å². The number of nitrogen functional groups attached to an aromatic ring is 1. The van der Waals surface area contributed by atoms with Gasteiger partial charge in [-0.1, -0.05) is 0 Å². The second-order valence-electron chi connectivity index (χ2n) is 2.77. The number of hydrogen-bond acceptors (Lipinski definition) is 3. The predicted molar refractivity (Wildman–Crippen MR) is 71.3 cm³/mol. The molecule has 1 amide bonds. The third-order valence-corrected chi connectivity index (χ3v) is 1.61. The molecule has 7 heteroatoms. The minimum atomic E-state index is -0.303. The Morgan fingerprint density at radius 1 is 1.19 bits per heavy atom. The number of anilines is 2. The minimum absolute atomic E-state index is 0.